The van der Waals surface area contributed by atoms with E-state index in [-0.39, 0.29) is 10.8 Å². The molecule has 0 aromatic heterocycles. The minimum atomic E-state index is -3.82. The maximum absolute atomic E-state index is 13.3. The summed E-state index contributed by atoms with van der Waals surface area (Å²) in [7, 11) is -3.82. The number of amides is 1. The van der Waals surface area contributed by atoms with E-state index in [0.717, 1.165) is 37.2 Å². The number of ether oxygens (including phenoxy) is 1. The van der Waals surface area contributed by atoms with E-state index in [0.29, 0.717) is 56.3 Å². The van der Waals surface area contributed by atoms with Crippen LogP contribution in [0, 0.1) is 0 Å². The first-order valence-corrected chi connectivity index (χ1v) is 13.4. The predicted molar refractivity (Wildman–Crippen MR) is 133 cm³/mol. The highest BCUT2D eigenvalue weighted by molar-refractivity contribution is 7.90. The predicted octanol–water partition coefficient (Wildman–Crippen LogP) is 3.53. The summed E-state index contributed by atoms with van der Waals surface area (Å²) in [6, 6.07) is 13.0. The number of nitrogens with zero attached hydrogens (tertiary/aromatic N) is 4. The summed E-state index contributed by atoms with van der Waals surface area (Å²) in [5.41, 5.74) is 2.06. The van der Waals surface area contributed by atoms with E-state index >= 15 is 0 Å². The van der Waals surface area contributed by atoms with Gasteiger partial charge in [-0.1, -0.05) is 18.6 Å². The first-order chi connectivity index (χ1) is 16.5. The van der Waals surface area contributed by atoms with E-state index in [1.54, 1.807) is 17.0 Å². The number of hydrogen-bond acceptors (Lipinski definition) is 6. The van der Waals surface area contributed by atoms with Crippen LogP contribution in [0.25, 0.3) is 0 Å². The summed E-state index contributed by atoms with van der Waals surface area (Å²) in [5.74, 6) is 1.31. The third-order valence-electron chi connectivity index (χ3n) is 6.67. The van der Waals surface area contributed by atoms with Crippen LogP contribution in [0.3, 0.4) is 0 Å². The van der Waals surface area contributed by atoms with Crippen LogP contribution in [0.4, 0.5) is 11.4 Å². The molecule has 34 heavy (non-hydrogen) atoms. The molecule has 9 heteroatoms. The maximum Gasteiger partial charge on any atom is 0.286 e. The van der Waals surface area contributed by atoms with E-state index in [1.807, 2.05) is 36.1 Å². The third kappa shape index (κ3) is 4.24. The Morgan fingerprint density at radius 2 is 1.76 bits per heavy atom. The number of amidine groups is 1. The van der Waals surface area contributed by atoms with Crippen LogP contribution in [-0.4, -0.2) is 64.4 Å². The number of benzene rings is 2. The van der Waals surface area contributed by atoms with Crippen molar-refractivity contribution in [3.05, 3.63) is 48.0 Å². The average Bonchev–Trinajstić information content (AvgIpc) is 3.09. The summed E-state index contributed by atoms with van der Waals surface area (Å²) >= 11 is 0. The average molecular weight is 483 g/mol. The van der Waals surface area contributed by atoms with Gasteiger partial charge in [0.15, 0.2) is 0 Å². The highest BCUT2D eigenvalue weighted by atomic mass is 32.2. The molecule has 1 amide bonds. The number of fused-ring (bicyclic) bond motifs is 3. The van der Waals surface area contributed by atoms with Gasteiger partial charge < -0.3 is 19.4 Å². The molecule has 8 nitrogen and oxygen atoms in total. The molecule has 0 atom stereocenters. The summed E-state index contributed by atoms with van der Waals surface area (Å²) in [4.78, 5) is 19.4. The molecule has 0 unspecified atom stereocenters. The Bertz CT molecular complexity index is 1220. The van der Waals surface area contributed by atoms with Gasteiger partial charge in [0, 0.05) is 44.7 Å². The summed E-state index contributed by atoms with van der Waals surface area (Å²) < 4.78 is 35.7. The molecule has 2 aromatic carbocycles. The molecule has 0 saturated carbocycles. The lowest BCUT2D eigenvalue weighted by Crippen LogP contribution is -2.49. The maximum atomic E-state index is 13.3. The third-order valence-corrected chi connectivity index (χ3v) is 8.00. The normalized spacial score (nSPS) is 19.6. The van der Waals surface area contributed by atoms with Gasteiger partial charge in [-0.15, -0.1) is 4.40 Å². The number of carbonyl (C=O) groups excluding carboxylic acids is 1. The van der Waals surface area contributed by atoms with Crippen molar-refractivity contribution in [2.24, 2.45) is 4.40 Å². The Kier molecular flexibility index (Phi) is 6.20. The van der Waals surface area contributed by atoms with Gasteiger partial charge in [0.1, 0.15) is 16.5 Å². The van der Waals surface area contributed by atoms with Gasteiger partial charge >= 0.3 is 0 Å². The van der Waals surface area contributed by atoms with Gasteiger partial charge in [-0.3, -0.25) is 4.79 Å². The van der Waals surface area contributed by atoms with Crippen molar-refractivity contribution in [2.75, 3.05) is 49.1 Å². The first-order valence-electron chi connectivity index (χ1n) is 12.0. The standard InChI is InChI=1S/C25H30N4O4S/c1-2-33-22-9-6-5-8-20(22)27-14-16-28(17-15-27)25(30)19-11-12-21-23(18-19)34(31,32)26-24-10-4-3-7-13-29(21)24/h5-6,8-9,11-12,18H,2-4,7,10,13-17H2,1H3. The molecule has 3 heterocycles. The summed E-state index contributed by atoms with van der Waals surface area (Å²) in [6.45, 7) is 5.78. The largest absolute Gasteiger partial charge is 0.492 e. The van der Waals surface area contributed by atoms with Gasteiger partial charge in [-0.05, 0) is 50.1 Å². The second kappa shape index (κ2) is 9.29. The molecule has 3 aliphatic rings. The zero-order chi connectivity index (χ0) is 23.7. The Labute approximate surface area is 200 Å². The van der Waals surface area contributed by atoms with E-state index in [1.165, 1.54) is 6.07 Å². The Balaban J connectivity index is 1.34. The summed E-state index contributed by atoms with van der Waals surface area (Å²) in [6.07, 6.45) is 3.66. The van der Waals surface area contributed by atoms with Crippen LogP contribution in [0.15, 0.2) is 51.8 Å². The number of para-hydroxylation sites is 2. The molecule has 0 aliphatic carbocycles. The molecule has 0 spiro atoms. The first kappa shape index (κ1) is 22.7. The number of carbonyl (C=O) groups is 1. The molecule has 0 N–H and O–H groups in total. The molecule has 0 radical (unpaired) electrons. The van der Waals surface area contributed by atoms with Crippen molar-refractivity contribution in [1.29, 1.82) is 0 Å². The van der Waals surface area contributed by atoms with Crippen LogP contribution in [0.1, 0.15) is 43.0 Å². The smallest absolute Gasteiger partial charge is 0.286 e. The van der Waals surface area contributed by atoms with Crippen molar-refractivity contribution in [1.82, 2.24) is 4.90 Å². The monoisotopic (exact) mass is 482 g/mol. The molecular formula is C25H30N4O4S. The lowest BCUT2D eigenvalue weighted by Gasteiger charge is -2.37. The van der Waals surface area contributed by atoms with E-state index in [2.05, 4.69) is 9.30 Å². The van der Waals surface area contributed by atoms with E-state index in [9.17, 15) is 13.2 Å². The topological polar surface area (TPSA) is 82.5 Å². The molecule has 3 aliphatic heterocycles. The fraction of sp³-hybridized carbons (Fsp3) is 0.440. The van der Waals surface area contributed by atoms with E-state index in [4.69, 9.17) is 4.74 Å². The zero-order valence-electron chi connectivity index (χ0n) is 19.4. The van der Waals surface area contributed by atoms with Crippen LogP contribution in [0.5, 0.6) is 5.75 Å². The summed E-state index contributed by atoms with van der Waals surface area (Å²) in [5, 5.41) is 0. The Morgan fingerprint density at radius 1 is 0.971 bits per heavy atom. The quantitative estimate of drug-likeness (QED) is 0.663. The SMILES string of the molecule is CCOc1ccccc1N1CCN(C(=O)c2ccc3c(c2)S(=O)(=O)N=C2CCCCCN23)CC1. The van der Waals surface area contributed by atoms with Crippen LogP contribution in [0.2, 0.25) is 0 Å². The second-order valence-corrected chi connectivity index (χ2v) is 10.4. The zero-order valence-corrected chi connectivity index (χ0v) is 20.3. The van der Waals surface area contributed by atoms with Crippen molar-refractivity contribution in [3.63, 3.8) is 0 Å². The van der Waals surface area contributed by atoms with Crippen molar-refractivity contribution in [3.8, 4) is 5.75 Å². The minimum Gasteiger partial charge on any atom is -0.492 e. The Morgan fingerprint density at radius 3 is 2.56 bits per heavy atom. The van der Waals surface area contributed by atoms with Gasteiger partial charge in [0.05, 0.1) is 18.0 Å². The lowest BCUT2D eigenvalue weighted by molar-refractivity contribution is 0.0746. The lowest BCUT2D eigenvalue weighted by atomic mass is 10.1. The fourth-order valence-electron chi connectivity index (χ4n) is 4.94. The number of hydrogen-bond donors (Lipinski definition) is 0. The van der Waals surface area contributed by atoms with Crippen molar-refractivity contribution < 1.29 is 17.9 Å². The Hall–Kier alpha value is -3.07. The molecular weight excluding hydrogens is 452 g/mol. The van der Waals surface area contributed by atoms with Crippen LogP contribution in [-0.2, 0) is 10.0 Å². The van der Waals surface area contributed by atoms with Gasteiger partial charge in [0.2, 0.25) is 0 Å². The second-order valence-electron chi connectivity index (χ2n) is 8.81. The van der Waals surface area contributed by atoms with Gasteiger partial charge in [-0.2, -0.15) is 8.42 Å². The highest BCUT2D eigenvalue weighted by Crippen LogP contribution is 2.35. The molecule has 2 fully saturated rings. The van der Waals surface area contributed by atoms with Gasteiger partial charge in [0.25, 0.3) is 15.9 Å². The molecule has 180 valence electrons. The molecule has 2 saturated heterocycles. The van der Waals surface area contributed by atoms with Crippen molar-refractivity contribution >= 4 is 33.1 Å². The molecule has 5 rings (SSSR count). The van der Waals surface area contributed by atoms with Crippen LogP contribution >= 0.6 is 0 Å². The number of rotatable bonds is 4. The molecule has 0 bridgehead atoms. The number of piperazine rings is 1. The van der Waals surface area contributed by atoms with Crippen LogP contribution < -0.4 is 14.5 Å². The minimum absolute atomic E-state index is 0.133. The van der Waals surface area contributed by atoms with E-state index < -0.39 is 10.0 Å². The number of anilines is 2. The fourth-order valence-corrected chi connectivity index (χ4v) is 6.23. The van der Waals surface area contributed by atoms with Crippen molar-refractivity contribution in [2.45, 2.75) is 37.5 Å². The van der Waals surface area contributed by atoms with Gasteiger partial charge in [-0.25, -0.2) is 0 Å². The number of sulfonamides is 1. The molecule has 2 aromatic rings. The highest BCUT2D eigenvalue weighted by Gasteiger charge is 2.33.